The van der Waals surface area contributed by atoms with Crippen LogP contribution in [-0.2, 0) is 19.6 Å². The maximum absolute atomic E-state index is 13.1. The van der Waals surface area contributed by atoms with Crippen molar-refractivity contribution < 1.29 is 27.1 Å². The van der Waals surface area contributed by atoms with Gasteiger partial charge in [0.15, 0.2) is 6.61 Å². The lowest BCUT2D eigenvalue weighted by Gasteiger charge is -2.08. The first kappa shape index (κ1) is 20.8. The standard InChI is InChI=1S/C17H16ClFN2O5S/c1-2-20-27(24,25)13-6-3-11(4-7-13)17(23)26-10-16(22)21-12-5-8-15(19)14(18)9-12/h3-9,20H,2,10H2,1H3,(H,21,22). The Morgan fingerprint density at radius 3 is 2.41 bits per heavy atom. The van der Waals surface area contributed by atoms with E-state index >= 15 is 0 Å². The van der Waals surface area contributed by atoms with Crippen LogP contribution in [0.5, 0.6) is 0 Å². The number of sulfonamides is 1. The molecular weight excluding hydrogens is 399 g/mol. The van der Waals surface area contributed by atoms with Gasteiger partial charge < -0.3 is 10.1 Å². The van der Waals surface area contributed by atoms with Crippen LogP contribution >= 0.6 is 11.6 Å². The number of benzene rings is 2. The van der Waals surface area contributed by atoms with Gasteiger partial charge in [-0.3, -0.25) is 4.79 Å². The SMILES string of the molecule is CCNS(=O)(=O)c1ccc(C(=O)OCC(=O)Nc2ccc(F)c(Cl)c2)cc1. The Kier molecular flexibility index (Phi) is 6.89. The maximum Gasteiger partial charge on any atom is 0.338 e. The van der Waals surface area contributed by atoms with Gasteiger partial charge >= 0.3 is 5.97 Å². The first-order chi connectivity index (χ1) is 12.7. The molecule has 0 aliphatic rings. The van der Waals surface area contributed by atoms with Gasteiger partial charge in [-0.15, -0.1) is 0 Å². The van der Waals surface area contributed by atoms with Gasteiger partial charge in [0.1, 0.15) is 5.82 Å². The molecule has 2 aromatic carbocycles. The topological polar surface area (TPSA) is 102 Å². The van der Waals surface area contributed by atoms with Crippen molar-refractivity contribution in [2.24, 2.45) is 0 Å². The van der Waals surface area contributed by atoms with Gasteiger partial charge in [-0.1, -0.05) is 18.5 Å². The lowest BCUT2D eigenvalue weighted by Crippen LogP contribution is -2.23. The van der Waals surface area contributed by atoms with Crippen LogP contribution in [0.25, 0.3) is 0 Å². The van der Waals surface area contributed by atoms with Crippen LogP contribution in [0, 0.1) is 5.82 Å². The molecular formula is C17H16ClFN2O5S. The molecule has 0 aliphatic carbocycles. The number of rotatable bonds is 7. The predicted octanol–water partition coefficient (Wildman–Crippen LogP) is 2.57. The molecule has 27 heavy (non-hydrogen) atoms. The lowest BCUT2D eigenvalue weighted by atomic mass is 10.2. The van der Waals surface area contributed by atoms with E-state index < -0.39 is 34.3 Å². The number of carbonyl (C=O) groups excluding carboxylic acids is 2. The minimum absolute atomic E-state index is 0.00633. The van der Waals surface area contributed by atoms with Gasteiger partial charge in [0.2, 0.25) is 10.0 Å². The third kappa shape index (κ3) is 5.75. The Labute approximate surface area is 160 Å². The summed E-state index contributed by atoms with van der Waals surface area (Å²) in [7, 11) is -3.62. The number of nitrogens with one attached hydrogen (secondary N) is 2. The maximum atomic E-state index is 13.1. The zero-order chi connectivity index (χ0) is 20.0. The van der Waals surface area contributed by atoms with Crippen LogP contribution in [-0.4, -0.2) is 33.4 Å². The molecule has 0 unspecified atom stereocenters. The first-order valence-electron chi connectivity index (χ1n) is 7.74. The fourth-order valence-corrected chi connectivity index (χ4v) is 3.25. The summed E-state index contributed by atoms with van der Waals surface area (Å²) in [5.74, 6) is -2.06. The molecule has 0 radical (unpaired) electrons. The van der Waals surface area contributed by atoms with Gasteiger partial charge in [-0.25, -0.2) is 22.3 Å². The summed E-state index contributed by atoms with van der Waals surface area (Å²) in [6, 6.07) is 8.70. The number of ether oxygens (including phenoxy) is 1. The molecule has 0 fully saturated rings. The predicted molar refractivity (Wildman–Crippen MR) is 97.6 cm³/mol. The van der Waals surface area contributed by atoms with Crippen LogP contribution in [0.2, 0.25) is 5.02 Å². The molecule has 0 saturated heterocycles. The van der Waals surface area contributed by atoms with E-state index in [1.165, 1.54) is 36.4 Å². The normalized spacial score (nSPS) is 11.1. The van der Waals surface area contributed by atoms with Gasteiger partial charge in [0.05, 0.1) is 15.5 Å². The van der Waals surface area contributed by atoms with Crippen molar-refractivity contribution in [3.05, 3.63) is 58.9 Å². The third-order valence-electron chi connectivity index (χ3n) is 3.27. The second kappa shape index (κ2) is 8.94. The Bertz CT molecular complexity index is 948. The summed E-state index contributed by atoms with van der Waals surface area (Å²) >= 11 is 5.61. The second-order valence-electron chi connectivity index (χ2n) is 5.28. The molecule has 0 heterocycles. The van der Waals surface area contributed by atoms with Crippen molar-refractivity contribution >= 4 is 39.2 Å². The molecule has 0 aliphatic heterocycles. The van der Waals surface area contributed by atoms with Crippen LogP contribution in [0.15, 0.2) is 47.4 Å². The summed E-state index contributed by atoms with van der Waals surface area (Å²) in [5.41, 5.74) is 0.337. The zero-order valence-corrected chi connectivity index (χ0v) is 15.7. The van der Waals surface area contributed by atoms with E-state index in [1.807, 2.05) is 0 Å². The van der Waals surface area contributed by atoms with E-state index in [2.05, 4.69) is 10.0 Å². The molecule has 0 bridgehead atoms. The van der Waals surface area contributed by atoms with E-state index in [1.54, 1.807) is 6.92 Å². The minimum atomic E-state index is -3.62. The highest BCUT2D eigenvalue weighted by molar-refractivity contribution is 7.89. The quantitative estimate of drug-likeness (QED) is 0.678. The monoisotopic (exact) mass is 414 g/mol. The number of hydrogen-bond acceptors (Lipinski definition) is 5. The number of amides is 1. The van der Waals surface area contributed by atoms with Crippen LogP contribution in [0.1, 0.15) is 17.3 Å². The number of anilines is 1. The highest BCUT2D eigenvalue weighted by Gasteiger charge is 2.15. The average Bonchev–Trinajstić information content (AvgIpc) is 2.63. The van der Waals surface area contributed by atoms with Gasteiger partial charge in [-0.05, 0) is 42.5 Å². The van der Waals surface area contributed by atoms with Crippen LogP contribution < -0.4 is 10.0 Å². The number of halogens is 2. The van der Waals surface area contributed by atoms with E-state index in [0.29, 0.717) is 0 Å². The summed E-state index contributed by atoms with van der Waals surface area (Å²) in [6.45, 7) is 1.31. The number of esters is 1. The zero-order valence-electron chi connectivity index (χ0n) is 14.2. The molecule has 0 spiro atoms. The summed E-state index contributed by atoms with van der Waals surface area (Å²) < 4.78 is 43.9. The van der Waals surface area contributed by atoms with Gasteiger partial charge in [0.25, 0.3) is 5.91 Å². The second-order valence-corrected chi connectivity index (χ2v) is 7.45. The Hall–Kier alpha value is -2.49. The largest absolute Gasteiger partial charge is 0.452 e. The smallest absolute Gasteiger partial charge is 0.338 e. The summed E-state index contributed by atoms with van der Waals surface area (Å²) in [5, 5.41) is 2.25. The highest BCUT2D eigenvalue weighted by atomic mass is 35.5. The fourth-order valence-electron chi connectivity index (χ4n) is 2.03. The van der Waals surface area contributed by atoms with Crippen molar-refractivity contribution in [1.82, 2.24) is 4.72 Å². The van der Waals surface area contributed by atoms with E-state index in [0.717, 1.165) is 6.07 Å². The van der Waals surface area contributed by atoms with Crippen molar-refractivity contribution in [2.75, 3.05) is 18.5 Å². The van der Waals surface area contributed by atoms with Crippen LogP contribution in [0.3, 0.4) is 0 Å². The molecule has 2 N–H and O–H groups in total. The van der Waals surface area contributed by atoms with E-state index in [9.17, 15) is 22.4 Å². The fraction of sp³-hybridized carbons (Fsp3) is 0.176. The van der Waals surface area contributed by atoms with Crippen molar-refractivity contribution in [3.63, 3.8) is 0 Å². The van der Waals surface area contributed by atoms with Crippen molar-refractivity contribution in [3.8, 4) is 0 Å². The molecule has 0 aromatic heterocycles. The minimum Gasteiger partial charge on any atom is -0.452 e. The summed E-state index contributed by atoms with van der Waals surface area (Å²) in [4.78, 5) is 23.7. The number of hydrogen-bond donors (Lipinski definition) is 2. The molecule has 144 valence electrons. The molecule has 2 aromatic rings. The van der Waals surface area contributed by atoms with Crippen molar-refractivity contribution in [1.29, 1.82) is 0 Å². The Balaban J connectivity index is 1.93. The molecule has 0 saturated carbocycles. The molecule has 2 rings (SSSR count). The first-order valence-corrected chi connectivity index (χ1v) is 9.61. The van der Waals surface area contributed by atoms with Gasteiger partial charge in [-0.2, -0.15) is 0 Å². The number of carbonyl (C=O) groups is 2. The van der Waals surface area contributed by atoms with E-state index in [-0.39, 0.29) is 27.7 Å². The molecule has 1 amide bonds. The molecule has 0 atom stereocenters. The van der Waals surface area contributed by atoms with E-state index in [4.69, 9.17) is 16.3 Å². The Morgan fingerprint density at radius 2 is 1.81 bits per heavy atom. The third-order valence-corrected chi connectivity index (χ3v) is 5.12. The summed E-state index contributed by atoms with van der Waals surface area (Å²) in [6.07, 6.45) is 0. The average molecular weight is 415 g/mol. The molecule has 10 heteroatoms. The molecule has 7 nitrogen and oxygen atoms in total. The van der Waals surface area contributed by atoms with Gasteiger partial charge in [0, 0.05) is 12.2 Å². The lowest BCUT2D eigenvalue weighted by molar-refractivity contribution is -0.119. The highest BCUT2D eigenvalue weighted by Crippen LogP contribution is 2.19. The Morgan fingerprint density at radius 1 is 1.15 bits per heavy atom. The van der Waals surface area contributed by atoms with Crippen LogP contribution in [0.4, 0.5) is 10.1 Å². The van der Waals surface area contributed by atoms with Crippen molar-refractivity contribution in [2.45, 2.75) is 11.8 Å².